The van der Waals surface area contributed by atoms with E-state index in [-0.39, 0.29) is 0 Å². The molecule has 18 heavy (non-hydrogen) atoms. The van der Waals surface area contributed by atoms with Gasteiger partial charge in [-0.1, -0.05) is 43.7 Å². The van der Waals surface area contributed by atoms with Gasteiger partial charge in [-0.25, -0.2) is 0 Å². The fourth-order valence-electron chi connectivity index (χ4n) is 2.82. The van der Waals surface area contributed by atoms with Gasteiger partial charge in [-0.15, -0.1) is 0 Å². The van der Waals surface area contributed by atoms with E-state index in [1.165, 1.54) is 38.5 Å². The lowest BCUT2D eigenvalue weighted by atomic mass is 9.85. The van der Waals surface area contributed by atoms with Crippen molar-refractivity contribution in [3.8, 4) is 0 Å². The van der Waals surface area contributed by atoms with Gasteiger partial charge in [0.2, 0.25) is 0 Å². The average molecular weight is 267 g/mol. The molecule has 0 aliphatic heterocycles. The summed E-state index contributed by atoms with van der Waals surface area (Å²) in [6.07, 6.45) is 8.14. The summed E-state index contributed by atoms with van der Waals surface area (Å²) in [5.41, 5.74) is 7.00. The largest absolute Gasteiger partial charge is 0.381 e. The van der Waals surface area contributed by atoms with Crippen LogP contribution < -0.4 is 11.1 Å². The van der Waals surface area contributed by atoms with Gasteiger partial charge < -0.3 is 11.1 Å². The number of halogens is 1. The Bertz CT molecular complexity index is 344. The number of anilines is 1. The van der Waals surface area contributed by atoms with Crippen LogP contribution in [0.4, 0.5) is 5.69 Å². The number of hydrogen-bond donors (Lipinski definition) is 2. The maximum atomic E-state index is 5.89. The summed E-state index contributed by atoms with van der Waals surface area (Å²) in [7, 11) is 0. The van der Waals surface area contributed by atoms with E-state index in [0.29, 0.717) is 12.6 Å². The highest BCUT2D eigenvalue weighted by Crippen LogP contribution is 2.28. The molecule has 1 unspecified atom stereocenters. The van der Waals surface area contributed by atoms with Gasteiger partial charge in [0.05, 0.1) is 0 Å². The van der Waals surface area contributed by atoms with E-state index < -0.39 is 0 Å². The quantitative estimate of drug-likeness (QED) is 0.844. The Morgan fingerprint density at radius 3 is 2.44 bits per heavy atom. The molecule has 0 bridgehead atoms. The molecule has 3 N–H and O–H groups in total. The lowest BCUT2D eigenvalue weighted by Gasteiger charge is -2.27. The van der Waals surface area contributed by atoms with Crippen LogP contribution in [-0.4, -0.2) is 12.6 Å². The van der Waals surface area contributed by atoms with Crippen molar-refractivity contribution in [2.75, 3.05) is 11.9 Å². The molecule has 1 aromatic carbocycles. The third-order valence-corrected chi connectivity index (χ3v) is 4.09. The van der Waals surface area contributed by atoms with Gasteiger partial charge in [0.25, 0.3) is 0 Å². The first-order valence-electron chi connectivity index (χ1n) is 7.00. The fraction of sp³-hybridized carbons (Fsp3) is 0.600. The maximum absolute atomic E-state index is 5.89. The molecule has 2 nitrogen and oxygen atoms in total. The number of nitrogens with two attached hydrogens (primary N) is 1. The van der Waals surface area contributed by atoms with Gasteiger partial charge in [-0.2, -0.15) is 0 Å². The highest BCUT2D eigenvalue weighted by Gasteiger charge is 2.18. The monoisotopic (exact) mass is 266 g/mol. The Kier molecular flexibility index (Phi) is 5.33. The van der Waals surface area contributed by atoms with Crippen LogP contribution in [0, 0.1) is 5.92 Å². The summed E-state index contributed by atoms with van der Waals surface area (Å²) < 4.78 is 0. The molecule has 1 saturated carbocycles. The van der Waals surface area contributed by atoms with Crippen LogP contribution in [0.5, 0.6) is 0 Å². The smallest absolute Gasteiger partial charge is 0.0407 e. The molecule has 0 heterocycles. The Balaban J connectivity index is 1.86. The molecule has 0 aromatic heterocycles. The second-order valence-corrected chi connectivity index (χ2v) is 5.76. The van der Waals surface area contributed by atoms with Crippen molar-refractivity contribution >= 4 is 17.3 Å². The maximum Gasteiger partial charge on any atom is 0.0407 e. The number of benzene rings is 1. The van der Waals surface area contributed by atoms with Gasteiger partial charge >= 0.3 is 0 Å². The third kappa shape index (κ3) is 4.18. The summed E-state index contributed by atoms with van der Waals surface area (Å²) >= 11 is 5.89. The zero-order valence-corrected chi connectivity index (χ0v) is 11.6. The Hall–Kier alpha value is -0.730. The molecule has 1 aliphatic rings. The molecular formula is C15H23ClN2. The highest BCUT2D eigenvalue weighted by atomic mass is 35.5. The summed E-state index contributed by atoms with van der Waals surface area (Å²) in [5.74, 6) is 0.854. The lowest BCUT2D eigenvalue weighted by molar-refractivity contribution is 0.324. The summed E-state index contributed by atoms with van der Waals surface area (Å²) in [6, 6.07) is 8.25. The van der Waals surface area contributed by atoms with E-state index in [4.69, 9.17) is 17.3 Å². The Morgan fingerprint density at radius 1 is 1.17 bits per heavy atom. The highest BCUT2D eigenvalue weighted by molar-refractivity contribution is 6.30. The first-order chi connectivity index (χ1) is 8.78. The Morgan fingerprint density at radius 2 is 1.83 bits per heavy atom. The van der Waals surface area contributed by atoms with Crippen LogP contribution >= 0.6 is 11.6 Å². The van der Waals surface area contributed by atoms with E-state index in [2.05, 4.69) is 5.32 Å². The topological polar surface area (TPSA) is 38.0 Å². The molecule has 1 aromatic rings. The minimum atomic E-state index is 0.384. The minimum absolute atomic E-state index is 0.384. The van der Waals surface area contributed by atoms with E-state index in [1.54, 1.807) is 0 Å². The van der Waals surface area contributed by atoms with Crippen molar-refractivity contribution in [2.24, 2.45) is 11.7 Å². The molecule has 1 aliphatic carbocycles. The minimum Gasteiger partial charge on any atom is -0.381 e. The first-order valence-corrected chi connectivity index (χ1v) is 7.38. The molecular weight excluding hydrogens is 244 g/mol. The zero-order valence-electron chi connectivity index (χ0n) is 10.9. The second kappa shape index (κ2) is 7.01. The fourth-order valence-corrected chi connectivity index (χ4v) is 2.95. The average Bonchev–Trinajstić information content (AvgIpc) is 2.41. The first kappa shape index (κ1) is 13.7. The Labute approximate surface area is 115 Å². The predicted octanol–water partition coefficient (Wildman–Crippen LogP) is 4.05. The molecule has 0 radical (unpaired) electrons. The van der Waals surface area contributed by atoms with Crippen molar-refractivity contribution in [1.29, 1.82) is 0 Å². The molecule has 2 rings (SSSR count). The van der Waals surface area contributed by atoms with Crippen LogP contribution in [0.15, 0.2) is 24.3 Å². The summed E-state index contributed by atoms with van der Waals surface area (Å²) in [6.45, 7) is 0.694. The van der Waals surface area contributed by atoms with Crippen molar-refractivity contribution in [1.82, 2.24) is 0 Å². The molecule has 0 saturated heterocycles. The standard InChI is InChI=1S/C15H23ClN2/c16-13-6-8-14(9-7-13)18-15(11-17)10-12-4-2-1-3-5-12/h6-9,12,15,18H,1-5,10-11,17H2. The molecule has 0 amide bonds. The van der Waals surface area contributed by atoms with Gasteiger partial charge in [0, 0.05) is 23.3 Å². The van der Waals surface area contributed by atoms with E-state index in [9.17, 15) is 0 Å². The molecule has 1 atom stereocenters. The van der Waals surface area contributed by atoms with Crippen molar-refractivity contribution in [3.05, 3.63) is 29.3 Å². The van der Waals surface area contributed by atoms with Crippen molar-refractivity contribution in [3.63, 3.8) is 0 Å². The second-order valence-electron chi connectivity index (χ2n) is 5.32. The van der Waals surface area contributed by atoms with Gasteiger partial charge in [-0.3, -0.25) is 0 Å². The lowest BCUT2D eigenvalue weighted by Crippen LogP contribution is -2.31. The van der Waals surface area contributed by atoms with Crippen LogP contribution in [-0.2, 0) is 0 Å². The van der Waals surface area contributed by atoms with E-state index >= 15 is 0 Å². The predicted molar refractivity (Wildman–Crippen MR) is 79.1 cm³/mol. The van der Waals surface area contributed by atoms with Gasteiger partial charge in [0.1, 0.15) is 0 Å². The van der Waals surface area contributed by atoms with E-state index in [1.807, 2.05) is 24.3 Å². The van der Waals surface area contributed by atoms with E-state index in [0.717, 1.165) is 16.6 Å². The van der Waals surface area contributed by atoms with Gasteiger partial charge in [0.15, 0.2) is 0 Å². The van der Waals surface area contributed by atoms with Crippen molar-refractivity contribution < 1.29 is 0 Å². The summed E-state index contributed by atoms with van der Waals surface area (Å²) in [5, 5.41) is 4.29. The SMILES string of the molecule is NCC(CC1CCCCC1)Nc1ccc(Cl)cc1. The third-order valence-electron chi connectivity index (χ3n) is 3.84. The molecule has 0 spiro atoms. The normalized spacial score (nSPS) is 18.6. The van der Waals surface area contributed by atoms with Gasteiger partial charge in [-0.05, 0) is 36.6 Å². The number of nitrogens with one attached hydrogen (secondary N) is 1. The van der Waals surface area contributed by atoms with Crippen LogP contribution in [0.25, 0.3) is 0 Å². The number of rotatable bonds is 5. The van der Waals surface area contributed by atoms with Crippen molar-refractivity contribution in [2.45, 2.75) is 44.6 Å². The van der Waals surface area contributed by atoms with Crippen LogP contribution in [0.2, 0.25) is 5.02 Å². The molecule has 3 heteroatoms. The number of hydrogen-bond acceptors (Lipinski definition) is 2. The molecule has 100 valence electrons. The molecule has 1 fully saturated rings. The van der Waals surface area contributed by atoms with Crippen LogP contribution in [0.1, 0.15) is 38.5 Å². The zero-order chi connectivity index (χ0) is 12.8. The van der Waals surface area contributed by atoms with Crippen LogP contribution in [0.3, 0.4) is 0 Å². The summed E-state index contributed by atoms with van der Waals surface area (Å²) in [4.78, 5) is 0.